The van der Waals surface area contributed by atoms with Crippen molar-refractivity contribution in [3.63, 3.8) is 0 Å². The zero-order chi connectivity index (χ0) is 23.5. The standard InChI is InChI=1S/C27H30N4O3/c1-33-24-8-7-20(17-25(24)34-2)26-22-5-3-4-6-23(22)27(32)31(29-26)21-11-15-30(16-12-21)18-19-9-13-28-14-10-19/h3-4,7-10,13-14,17,21H,5-6,11-12,15-16,18H2,1-2H3. The Balaban J connectivity index is 1.45. The van der Waals surface area contributed by atoms with Gasteiger partial charge in [0.2, 0.25) is 0 Å². The van der Waals surface area contributed by atoms with E-state index < -0.39 is 0 Å². The van der Waals surface area contributed by atoms with Crippen molar-refractivity contribution in [2.24, 2.45) is 0 Å². The number of piperidine rings is 1. The van der Waals surface area contributed by atoms with E-state index in [1.807, 2.05) is 30.6 Å². The summed E-state index contributed by atoms with van der Waals surface area (Å²) in [5.74, 6) is 1.33. The van der Waals surface area contributed by atoms with E-state index in [-0.39, 0.29) is 11.6 Å². The Kier molecular flexibility index (Phi) is 6.45. The lowest BCUT2D eigenvalue weighted by Gasteiger charge is -2.33. The first kappa shape index (κ1) is 22.3. The topological polar surface area (TPSA) is 69.5 Å². The summed E-state index contributed by atoms with van der Waals surface area (Å²) in [4.78, 5) is 20.0. The molecular weight excluding hydrogens is 428 g/mol. The number of rotatable bonds is 6. The number of aromatic nitrogens is 3. The molecule has 0 atom stereocenters. The first-order chi connectivity index (χ1) is 16.7. The molecule has 0 N–H and O–H groups in total. The molecule has 0 unspecified atom stereocenters. The van der Waals surface area contributed by atoms with Crippen LogP contribution in [0.25, 0.3) is 11.3 Å². The lowest BCUT2D eigenvalue weighted by Crippen LogP contribution is -2.39. The van der Waals surface area contributed by atoms with Gasteiger partial charge in [0.25, 0.3) is 5.56 Å². The fourth-order valence-electron chi connectivity index (χ4n) is 4.99. The van der Waals surface area contributed by atoms with Gasteiger partial charge in [0.05, 0.1) is 26.0 Å². The molecular formula is C27H30N4O3. The molecule has 1 aliphatic heterocycles. The first-order valence-corrected chi connectivity index (χ1v) is 11.8. The predicted octanol–water partition coefficient (Wildman–Crippen LogP) is 3.81. The second kappa shape index (κ2) is 9.81. The molecule has 7 nitrogen and oxygen atoms in total. The zero-order valence-electron chi connectivity index (χ0n) is 19.7. The second-order valence-corrected chi connectivity index (χ2v) is 8.87. The minimum atomic E-state index is 0.0520. The van der Waals surface area contributed by atoms with E-state index in [4.69, 9.17) is 14.6 Å². The lowest BCUT2D eigenvalue weighted by molar-refractivity contribution is 0.170. The van der Waals surface area contributed by atoms with Gasteiger partial charge >= 0.3 is 0 Å². The fourth-order valence-corrected chi connectivity index (χ4v) is 4.99. The van der Waals surface area contributed by atoms with Crippen LogP contribution in [0, 0.1) is 0 Å². The van der Waals surface area contributed by atoms with E-state index in [0.717, 1.165) is 54.9 Å². The van der Waals surface area contributed by atoms with Gasteiger partial charge in [-0.2, -0.15) is 5.10 Å². The van der Waals surface area contributed by atoms with E-state index in [2.05, 4.69) is 34.2 Å². The minimum Gasteiger partial charge on any atom is -0.493 e. The Morgan fingerprint density at radius 1 is 0.941 bits per heavy atom. The van der Waals surface area contributed by atoms with Crippen LogP contribution in [0.1, 0.15) is 35.6 Å². The van der Waals surface area contributed by atoms with Crippen molar-refractivity contribution in [1.29, 1.82) is 0 Å². The van der Waals surface area contributed by atoms with E-state index in [1.54, 1.807) is 18.9 Å². The second-order valence-electron chi connectivity index (χ2n) is 8.87. The number of allylic oxidation sites excluding steroid dienone is 2. The fraction of sp³-hybridized carbons (Fsp3) is 0.370. The number of nitrogens with zero attached hydrogens (tertiary/aromatic N) is 4. The average molecular weight is 459 g/mol. The number of benzene rings is 1. The van der Waals surface area contributed by atoms with Crippen molar-refractivity contribution in [3.05, 3.63) is 81.9 Å². The van der Waals surface area contributed by atoms with Crippen LogP contribution < -0.4 is 15.0 Å². The predicted molar refractivity (Wildman–Crippen MR) is 131 cm³/mol. The maximum Gasteiger partial charge on any atom is 0.270 e. The summed E-state index contributed by atoms with van der Waals surface area (Å²) in [7, 11) is 3.26. The van der Waals surface area contributed by atoms with Crippen molar-refractivity contribution < 1.29 is 9.47 Å². The molecule has 0 bridgehead atoms. The van der Waals surface area contributed by atoms with Crippen LogP contribution in [0.5, 0.6) is 11.5 Å². The van der Waals surface area contributed by atoms with Gasteiger partial charge < -0.3 is 9.47 Å². The number of hydrogen-bond acceptors (Lipinski definition) is 6. The minimum absolute atomic E-state index is 0.0520. The summed E-state index contributed by atoms with van der Waals surface area (Å²) in [5, 5.41) is 4.97. The highest BCUT2D eigenvalue weighted by atomic mass is 16.5. The van der Waals surface area contributed by atoms with Crippen LogP contribution in [-0.2, 0) is 19.4 Å². The summed E-state index contributed by atoms with van der Waals surface area (Å²) < 4.78 is 12.7. The quantitative estimate of drug-likeness (QED) is 0.523. The van der Waals surface area contributed by atoms with Gasteiger partial charge in [-0.05, 0) is 67.1 Å². The number of ether oxygens (including phenoxy) is 2. The molecule has 1 fully saturated rings. The molecule has 5 rings (SSSR count). The van der Waals surface area contributed by atoms with Gasteiger partial charge in [0.15, 0.2) is 11.5 Å². The molecule has 1 aliphatic carbocycles. The Bertz CT molecular complexity index is 1240. The monoisotopic (exact) mass is 458 g/mol. The van der Waals surface area contributed by atoms with E-state index >= 15 is 0 Å². The van der Waals surface area contributed by atoms with Gasteiger partial charge in [-0.1, -0.05) is 12.2 Å². The van der Waals surface area contributed by atoms with Crippen LogP contribution in [-0.4, -0.2) is 47.0 Å². The normalized spacial score (nSPS) is 16.3. The highest BCUT2D eigenvalue weighted by molar-refractivity contribution is 5.68. The number of fused-ring (bicyclic) bond motifs is 1. The SMILES string of the molecule is COc1ccc(-c2nn(C3CCN(Cc4ccncc4)CC3)c(=O)c3c2CC=CC3)cc1OC. The molecule has 0 spiro atoms. The highest BCUT2D eigenvalue weighted by Gasteiger charge is 2.26. The molecule has 3 heterocycles. The highest BCUT2D eigenvalue weighted by Crippen LogP contribution is 2.34. The number of hydrogen-bond donors (Lipinski definition) is 0. The van der Waals surface area contributed by atoms with Crippen LogP contribution in [0.4, 0.5) is 0 Å². The van der Waals surface area contributed by atoms with E-state index in [1.165, 1.54) is 5.56 Å². The molecule has 1 aromatic carbocycles. The van der Waals surface area contributed by atoms with E-state index in [9.17, 15) is 4.79 Å². The molecule has 1 saturated heterocycles. The Hall–Kier alpha value is -3.45. The van der Waals surface area contributed by atoms with Gasteiger partial charge in [-0.25, -0.2) is 4.68 Å². The lowest BCUT2D eigenvalue weighted by atomic mass is 9.93. The summed E-state index contributed by atoms with van der Waals surface area (Å²) in [6.45, 7) is 2.77. The summed E-state index contributed by atoms with van der Waals surface area (Å²) in [6, 6.07) is 10.1. The maximum absolute atomic E-state index is 13.5. The zero-order valence-corrected chi connectivity index (χ0v) is 19.7. The molecule has 0 amide bonds. The van der Waals surface area contributed by atoms with Crippen LogP contribution in [0.2, 0.25) is 0 Å². The number of methoxy groups -OCH3 is 2. The first-order valence-electron chi connectivity index (χ1n) is 11.8. The number of likely N-dealkylation sites (tertiary alicyclic amines) is 1. The molecule has 0 radical (unpaired) electrons. The van der Waals surface area contributed by atoms with Crippen molar-refractivity contribution in [2.75, 3.05) is 27.3 Å². The van der Waals surface area contributed by atoms with Crippen molar-refractivity contribution in [1.82, 2.24) is 19.7 Å². The largest absolute Gasteiger partial charge is 0.493 e. The molecule has 176 valence electrons. The van der Waals surface area contributed by atoms with Crippen LogP contribution >= 0.6 is 0 Å². The van der Waals surface area contributed by atoms with Gasteiger partial charge in [0, 0.05) is 43.2 Å². The van der Waals surface area contributed by atoms with Crippen molar-refractivity contribution in [3.8, 4) is 22.8 Å². The Morgan fingerprint density at radius 3 is 2.35 bits per heavy atom. The maximum atomic E-state index is 13.5. The van der Waals surface area contributed by atoms with Gasteiger partial charge in [-0.3, -0.25) is 14.7 Å². The average Bonchev–Trinajstić information content (AvgIpc) is 2.90. The summed E-state index contributed by atoms with van der Waals surface area (Å²) in [5.41, 5.74) is 5.00. The van der Waals surface area contributed by atoms with Crippen LogP contribution in [0.3, 0.4) is 0 Å². The molecule has 7 heteroatoms. The third-order valence-electron chi connectivity index (χ3n) is 6.85. The smallest absolute Gasteiger partial charge is 0.270 e. The molecule has 3 aromatic rings. The Morgan fingerprint density at radius 2 is 1.65 bits per heavy atom. The summed E-state index contributed by atoms with van der Waals surface area (Å²) in [6.07, 6.45) is 11.0. The third-order valence-corrected chi connectivity index (χ3v) is 6.85. The Labute approximate surface area is 199 Å². The van der Waals surface area contributed by atoms with E-state index in [0.29, 0.717) is 24.3 Å². The molecule has 2 aliphatic rings. The van der Waals surface area contributed by atoms with Gasteiger partial charge in [0.1, 0.15) is 0 Å². The van der Waals surface area contributed by atoms with Crippen LogP contribution in [0.15, 0.2) is 59.7 Å². The van der Waals surface area contributed by atoms with Crippen molar-refractivity contribution >= 4 is 0 Å². The molecule has 2 aromatic heterocycles. The third kappa shape index (κ3) is 4.35. The summed E-state index contributed by atoms with van der Waals surface area (Å²) >= 11 is 0. The van der Waals surface area contributed by atoms with Gasteiger partial charge in [-0.15, -0.1) is 0 Å². The molecule has 0 saturated carbocycles. The number of pyridine rings is 1. The van der Waals surface area contributed by atoms with Crippen molar-refractivity contribution in [2.45, 2.75) is 38.3 Å². The molecule has 34 heavy (non-hydrogen) atoms.